The van der Waals surface area contributed by atoms with Gasteiger partial charge in [0, 0.05) is 26.1 Å². The van der Waals surface area contributed by atoms with Gasteiger partial charge in [-0.15, -0.1) is 0 Å². The van der Waals surface area contributed by atoms with Gasteiger partial charge >= 0.3 is 5.97 Å². The number of hydrogen-bond donors (Lipinski definition) is 1. The number of amides is 1. The van der Waals surface area contributed by atoms with Crippen LogP contribution in [0, 0.1) is 0 Å². The van der Waals surface area contributed by atoms with E-state index in [2.05, 4.69) is 0 Å². The molecule has 2 rings (SSSR count). The topological polar surface area (TPSA) is 95.0 Å². The van der Waals surface area contributed by atoms with E-state index in [-0.39, 0.29) is 24.5 Å². The zero-order valence-corrected chi connectivity index (χ0v) is 12.8. The maximum atomic E-state index is 12.0. The summed E-state index contributed by atoms with van der Waals surface area (Å²) < 4.78 is 25.5. The molecule has 1 unspecified atom stereocenters. The molecule has 120 valence electrons. The summed E-state index contributed by atoms with van der Waals surface area (Å²) in [5.74, 6) is -1.27. The Bertz CT molecular complexity index is 499. The van der Waals surface area contributed by atoms with E-state index in [4.69, 9.17) is 5.11 Å². The van der Waals surface area contributed by atoms with Gasteiger partial charge in [0.2, 0.25) is 15.9 Å². The van der Waals surface area contributed by atoms with Gasteiger partial charge in [-0.05, 0) is 32.1 Å². The van der Waals surface area contributed by atoms with Gasteiger partial charge in [0.05, 0.1) is 5.75 Å². The Balaban J connectivity index is 1.80. The van der Waals surface area contributed by atoms with Crippen molar-refractivity contribution in [1.29, 1.82) is 0 Å². The van der Waals surface area contributed by atoms with Crippen molar-refractivity contribution in [3.05, 3.63) is 0 Å². The number of carbonyl (C=O) groups excluding carboxylic acids is 1. The van der Waals surface area contributed by atoms with Crippen molar-refractivity contribution in [2.75, 3.05) is 25.4 Å². The van der Waals surface area contributed by atoms with E-state index in [0.29, 0.717) is 32.5 Å². The highest BCUT2D eigenvalue weighted by Crippen LogP contribution is 2.19. The molecule has 1 amide bonds. The first kappa shape index (κ1) is 16.2. The van der Waals surface area contributed by atoms with Crippen LogP contribution in [-0.4, -0.2) is 66.0 Å². The molecule has 0 bridgehead atoms. The number of sulfonamides is 1. The molecule has 21 heavy (non-hydrogen) atoms. The Kier molecular flexibility index (Phi) is 5.21. The minimum Gasteiger partial charge on any atom is -0.480 e. The number of carbonyl (C=O) groups is 2. The monoisotopic (exact) mass is 318 g/mol. The van der Waals surface area contributed by atoms with Crippen molar-refractivity contribution < 1.29 is 23.1 Å². The zero-order chi connectivity index (χ0) is 15.5. The Hall–Kier alpha value is -1.15. The molecule has 0 aromatic rings. The Labute approximate surface area is 125 Å². The highest BCUT2D eigenvalue weighted by atomic mass is 32.2. The van der Waals surface area contributed by atoms with Crippen LogP contribution in [0.5, 0.6) is 0 Å². The lowest BCUT2D eigenvalue weighted by molar-refractivity contribution is -0.148. The van der Waals surface area contributed by atoms with Crippen molar-refractivity contribution >= 4 is 21.9 Å². The van der Waals surface area contributed by atoms with Gasteiger partial charge in [-0.2, -0.15) is 0 Å². The maximum absolute atomic E-state index is 12.0. The van der Waals surface area contributed by atoms with Gasteiger partial charge < -0.3 is 10.0 Å². The van der Waals surface area contributed by atoms with Crippen molar-refractivity contribution in [2.45, 2.75) is 44.6 Å². The Morgan fingerprint density at radius 2 is 1.76 bits per heavy atom. The van der Waals surface area contributed by atoms with E-state index < -0.39 is 22.0 Å². The minimum atomic E-state index is -3.26. The van der Waals surface area contributed by atoms with Gasteiger partial charge in [0.15, 0.2) is 0 Å². The number of nitrogens with zero attached hydrogens (tertiary/aromatic N) is 2. The molecule has 0 saturated carbocycles. The molecule has 2 fully saturated rings. The first-order valence-electron chi connectivity index (χ1n) is 7.42. The van der Waals surface area contributed by atoms with Crippen LogP contribution in [0.1, 0.15) is 38.5 Å². The summed E-state index contributed by atoms with van der Waals surface area (Å²) in [6.45, 7) is 1.60. The van der Waals surface area contributed by atoms with Gasteiger partial charge in [0.25, 0.3) is 0 Å². The molecular formula is C13H22N2O5S. The summed E-state index contributed by atoms with van der Waals surface area (Å²) in [4.78, 5) is 24.4. The third kappa shape index (κ3) is 3.94. The minimum absolute atomic E-state index is 0.0374. The average Bonchev–Trinajstić information content (AvgIpc) is 3.10. The molecular weight excluding hydrogens is 296 g/mol. The molecule has 7 nitrogen and oxygen atoms in total. The van der Waals surface area contributed by atoms with Gasteiger partial charge in [0.1, 0.15) is 6.04 Å². The van der Waals surface area contributed by atoms with Crippen LogP contribution in [0.4, 0.5) is 0 Å². The van der Waals surface area contributed by atoms with Crippen LogP contribution >= 0.6 is 0 Å². The molecule has 0 aliphatic carbocycles. The van der Waals surface area contributed by atoms with Crippen molar-refractivity contribution in [3.63, 3.8) is 0 Å². The molecule has 0 aromatic carbocycles. The lowest BCUT2D eigenvalue weighted by Crippen LogP contribution is -2.40. The standard InChI is InChI=1S/C13H22N2O5S/c16-12(15-9-3-5-11(15)13(17)18)6-4-10-21(19,20)14-7-1-2-8-14/h11H,1-10H2,(H,17,18). The number of likely N-dealkylation sites (tertiary alicyclic amines) is 1. The number of carboxylic acid groups (broad SMARTS) is 1. The largest absolute Gasteiger partial charge is 0.480 e. The lowest BCUT2D eigenvalue weighted by atomic mass is 10.2. The highest BCUT2D eigenvalue weighted by molar-refractivity contribution is 7.89. The zero-order valence-electron chi connectivity index (χ0n) is 12.0. The molecule has 2 aliphatic rings. The molecule has 1 N–H and O–H groups in total. The third-order valence-corrected chi connectivity index (χ3v) is 6.07. The second-order valence-corrected chi connectivity index (χ2v) is 7.70. The lowest BCUT2D eigenvalue weighted by Gasteiger charge is -2.21. The SMILES string of the molecule is O=C(O)C1CCCN1C(=O)CCCS(=O)(=O)N1CCCC1. The average molecular weight is 318 g/mol. The van der Waals surface area contributed by atoms with Crippen molar-refractivity contribution in [3.8, 4) is 0 Å². The van der Waals surface area contributed by atoms with E-state index in [0.717, 1.165) is 12.8 Å². The smallest absolute Gasteiger partial charge is 0.326 e. The predicted octanol–water partition coefficient (Wildman–Crippen LogP) is 0.268. The molecule has 0 radical (unpaired) electrons. The Morgan fingerprint density at radius 3 is 2.38 bits per heavy atom. The summed E-state index contributed by atoms with van der Waals surface area (Å²) in [5, 5.41) is 9.03. The van der Waals surface area contributed by atoms with E-state index >= 15 is 0 Å². The van der Waals surface area contributed by atoms with E-state index in [1.54, 1.807) is 0 Å². The first-order valence-corrected chi connectivity index (χ1v) is 9.03. The van der Waals surface area contributed by atoms with Crippen LogP contribution in [0.15, 0.2) is 0 Å². The number of hydrogen-bond acceptors (Lipinski definition) is 4. The Morgan fingerprint density at radius 1 is 1.10 bits per heavy atom. The van der Waals surface area contributed by atoms with Crippen LogP contribution in [0.2, 0.25) is 0 Å². The second-order valence-electron chi connectivity index (χ2n) is 5.61. The fourth-order valence-electron chi connectivity index (χ4n) is 2.97. The van der Waals surface area contributed by atoms with Crippen molar-refractivity contribution in [1.82, 2.24) is 9.21 Å². The number of aliphatic carboxylic acids is 1. The predicted molar refractivity (Wildman–Crippen MR) is 76.2 cm³/mol. The molecule has 1 atom stereocenters. The van der Waals surface area contributed by atoms with Crippen LogP contribution in [-0.2, 0) is 19.6 Å². The van der Waals surface area contributed by atoms with Gasteiger partial charge in [-0.3, -0.25) is 4.79 Å². The molecule has 2 saturated heterocycles. The molecule has 8 heteroatoms. The summed E-state index contributed by atoms with van der Waals surface area (Å²) in [5.41, 5.74) is 0. The van der Waals surface area contributed by atoms with E-state index in [1.807, 2.05) is 0 Å². The van der Waals surface area contributed by atoms with Crippen LogP contribution in [0.3, 0.4) is 0 Å². The van der Waals surface area contributed by atoms with Crippen LogP contribution < -0.4 is 0 Å². The molecule has 0 spiro atoms. The summed E-state index contributed by atoms with van der Waals surface area (Å²) in [6.07, 6.45) is 3.30. The van der Waals surface area contributed by atoms with Crippen LogP contribution in [0.25, 0.3) is 0 Å². The number of carboxylic acids is 1. The van der Waals surface area contributed by atoms with Gasteiger partial charge in [-0.25, -0.2) is 17.5 Å². The normalized spacial score (nSPS) is 23.6. The molecule has 2 heterocycles. The highest BCUT2D eigenvalue weighted by Gasteiger charge is 2.33. The fraction of sp³-hybridized carbons (Fsp3) is 0.846. The second kappa shape index (κ2) is 6.74. The molecule has 0 aromatic heterocycles. The van der Waals surface area contributed by atoms with Gasteiger partial charge in [-0.1, -0.05) is 0 Å². The fourth-order valence-corrected chi connectivity index (χ4v) is 4.55. The van der Waals surface area contributed by atoms with Crippen molar-refractivity contribution in [2.24, 2.45) is 0 Å². The van der Waals surface area contributed by atoms with E-state index in [9.17, 15) is 18.0 Å². The quantitative estimate of drug-likeness (QED) is 0.758. The summed E-state index contributed by atoms with van der Waals surface area (Å²) >= 11 is 0. The third-order valence-electron chi connectivity index (χ3n) is 4.11. The van der Waals surface area contributed by atoms with E-state index in [1.165, 1.54) is 9.21 Å². The number of rotatable bonds is 6. The summed E-state index contributed by atoms with van der Waals surface area (Å²) in [6, 6.07) is -0.743. The summed E-state index contributed by atoms with van der Waals surface area (Å²) in [7, 11) is -3.26. The molecule has 2 aliphatic heterocycles. The maximum Gasteiger partial charge on any atom is 0.326 e. The first-order chi connectivity index (χ1) is 9.92.